The third-order valence-electron chi connectivity index (χ3n) is 3.06. The van der Waals surface area contributed by atoms with Crippen LogP contribution in [0.5, 0.6) is 5.75 Å². The molecule has 2 aromatic carbocycles. The number of carbonyl (C=O) groups is 1. The molecule has 0 fully saturated rings. The van der Waals surface area contributed by atoms with E-state index in [0.717, 1.165) is 12.8 Å². The van der Waals surface area contributed by atoms with Crippen molar-refractivity contribution in [3.63, 3.8) is 0 Å². The third kappa shape index (κ3) is 3.09. The Hall–Kier alpha value is -2.49. The molecule has 0 saturated carbocycles. The van der Waals surface area contributed by atoms with Crippen LogP contribution in [-0.4, -0.2) is 11.0 Å². The van der Waals surface area contributed by atoms with E-state index < -0.39 is 0 Å². The molecule has 0 bridgehead atoms. The monoisotopic (exact) mass is 270 g/mol. The Morgan fingerprint density at radius 3 is 2.55 bits per heavy atom. The number of phenols is 1. The molecule has 0 aromatic heterocycles. The summed E-state index contributed by atoms with van der Waals surface area (Å²) < 4.78 is 0. The fraction of sp³-hybridized carbons (Fsp3) is 0.188. The van der Waals surface area contributed by atoms with Crippen LogP contribution in [0.4, 0.5) is 11.4 Å². The number of nitrogens with two attached hydrogens (primary N) is 1. The Bertz CT molecular complexity index is 606. The molecule has 0 aliphatic rings. The lowest BCUT2D eigenvalue weighted by atomic mass is 10.1. The van der Waals surface area contributed by atoms with Crippen LogP contribution in [0, 0.1) is 0 Å². The first-order valence-corrected chi connectivity index (χ1v) is 6.59. The topological polar surface area (TPSA) is 75.4 Å². The lowest BCUT2D eigenvalue weighted by molar-refractivity contribution is 0.102. The number of rotatable bonds is 4. The molecule has 0 radical (unpaired) electrons. The average molecular weight is 270 g/mol. The van der Waals surface area contributed by atoms with Gasteiger partial charge in [-0.25, -0.2) is 0 Å². The van der Waals surface area contributed by atoms with Gasteiger partial charge in [0.1, 0.15) is 0 Å². The van der Waals surface area contributed by atoms with Gasteiger partial charge in [0.15, 0.2) is 5.75 Å². The average Bonchev–Trinajstić information content (AvgIpc) is 2.44. The number of hydrogen-bond acceptors (Lipinski definition) is 3. The Kier molecular flexibility index (Phi) is 4.25. The third-order valence-corrected chi connectivity index (χ3v) is 3.06. The van der Waals surface area contributed by atoms with E-state index in [1.807, 2.05) is 24.3 Å². The maximum absolute atomic E-state index is 12.1. The van der Waals surface area contributed by atoms with Crippen LogP contribution in [0.2, 0.25) is 0 Å². The summed E-state index contributed by atoms with van der Waals surface area (Å²) in [6, 6.07) is 12.4. The highest BCUT2D eigenvalue weighted by atomic mass is 16.3. The van der Waals surface area contributed by atoms with Gasteiger partial charge >= 0.3 is 0 Å². The fourth-order valence-electron chi connectivity index (χ4n) is 1.99. The van der Waals surface area contributed by atoms with Gasteiger partial charge in [0.05, 0.1) is 11.3 Å². The van der Waals surface area contributed by atoms with Gasteiger partial charge in [-0.3, -0.25) is 4.79 Å². The smallest absolute Gasteiger partial charge is 0.259 e. The van der Waals surface area contributed by atoms with Crippen LogP contribution in [0.25, 0.3) is 0 Å². The van der Waals surface area contributed by atoms with Crippen molar-refractivity contribution in [3.05, 3.63) is 53.6 Å². The number of para-hydroxylation sites is 1. The maximum Gasteiger partial charge on any atom is 0.259 e. The highest BCUT2D eigenvalue weighted by Gasteiger charge is 2.12. The number of aryl methyl sites for hydroxylation is 1. The van der Waals surface area contributed by atoms with Crippen LogP contribution in [0.3, 0.4) is 0 Å². The molecule has 0 aliphatic carbocycles. The molecular formula is C16H18N2O2. The molecule has 0 aliphatic heterocycles. The molecule has 0 saturated heterocycles. The van der Waals surface area contributed by atoms with Crippen LogP contribution in [-0.2, 0) is 6.42 Å². The second kappa shape index (κ2) is 6.10. The summed E-state index contributed by atoms with van der Waals surface area (Å²) in [4.78, 5) is 12.1. The molecule has 0 spiro atoms. The number of nitrogens with one attached hydrogen (secondary N) is 1. The van der Waals surface area contributed by atoms with E-state index in [4.69, 9.17) is 5.73 Å². The molecule has 4 N–H and O–H groups in total. The zero-order valence-corrected chi connectivity index (χ0v) is 11.4. The highest BCUT2D eigenvalue weighted by Crippen LogP contribution is 2.25. The molecule has 4 heteroatoms. The molecule has 104 valence electrons. The first-order chi connectivity index (χ1) is 9.61. The van der Waals surface area contributed by atoms with E-state index in [1.54, 1.807) is 12.1 Å². The van der Waals surface area contributed by atoms with Crippen molar-refractivity contribution in [2.75, 3.05) is 11.1 Å². The van der Waals surface area contributed by atoms with E-state index in [1.165, 1.54) is 11.6 Å². The molecule has 2 rings (SSSR count). The Morgan fingerprint density at radius 1 is 1.20 bits per heavy atom. The minimum Gasteiger partial charge on any atom is -0.505 e. The lowest BCUT2D eigenvalue weighted by Gasteiger charge is -2.08. The Balaban J connectivity index is 2.13. The summed E-state index contributed by atoms with van der Waals surface area (Å²) in [7, 11) is 0. The first kappa shape index (κ1) is 13.9. The molecule has 0 atom stereocenters. The summed E-state index contributed by atoms with van der Waals surface area (Å²) in [5, 5.41) is 12.5. The maximum atomic E-state index is 12.1. The fourth-order valence-corrected chi connectivity index (χ4v) is 1.99. The van der Waals surface area contributed by atoms with Crippen molar-refractivity contribution in [2.45, 2.75) is 19.8 Å². The number of aromatic hydroxyl groups is 1. The van der Waals surface area contributed by atoms with Gasteiger partial charge in [-0.05, 0) is 36.2 Å². The zero-order chi connectivity index (χ0) is 14.5. The van der Waals surface area contributed by atoms with Crippen LogP contribution in [0.15, 0.2) is 42.5 Å². The van der Waals surface area contributed by atoms with Gasteiger partial charge in [0.2, 0.25) is 0 Å². The van der Waals surface area contributed by atoms with Crippen molar-refractivity contribution in [1.29, 1.82) is 0 Å². The number of benzene rings is 2. The highest BCUT2D eigenvalue weighted by molar-refractivity contribution is 6.07. The summed E-state index contributed by atoms with van der Waals surface area (Å²) >= 11 is 0. The van der Waals surface area contributed by atoms with Crippen LogP contribution < -0.4 is 11.1 Å². The predicted molar refractivity (Wildman–Crippen MR) is 80.9 cm³/mol. The van der Waals surface area contributed by atoms with E-state index in [2.05, 4.69) is 12.2 Å². The first-order valence-electron chi connectivity index (χ1n) is 6.59. The largest absolute Gasteiger partial charge is 0.505 e. The van der Waals surface area contributed by atoms with Crippen LogP contribution in [0.1, 0.15) is 29.3 Å². The summed E-state index contributed by atoms with van der Waals surface area (Å²) in [5.41, 5.74) is 7.86. The number of anilines is 2. The molecule has 0 heterocycles. The van der Waals surface area contributed by atoms with Crippen molar-refractivity contribution in [3.8, 4) is 5.75 Å². The van der Waals surface area contributed by atoms with Gasteiger partial charge in [0.25, 0.3) is 5.91 Å². The second-order valence-corrected chi connectivity index (χ2v) is 4.64. The normalized spacial score (nSPS) is 10.2. The standard InChI is InChI=1S/C16H18N2O2/c1-2-4-11-7-9-12(10-8-11)18-16(20)13-5-3-6-14(17)15(13)19/h3,5-10,19H,2,4,17H2,1H3,(H,18,20). The number of carbonyl (C=O) groups excluding carboxylic acids is 1. The van der Waals surface area contributed by atoms with Gasteiger partial charge in [-0.15, -0.1) is 0 Å². The van der Waals surface area contributed by atoms with E-state index >= 15 is 0 Å². The molecular weight excluding hydrogens is 252 g/mol. The number of amides is 1. The second-order valence-electron chi connectivity index (χ2n) is 4.64. The van der Waals surface area contributed by atoms with Gasteiger partial charge in [-0.2, -0.15) is 0 Å². The molecule has 2 aromatic rings. The SMILES string of the molecule is CCCc1ccc(NC(=O)c2cccc(N)c2O)cc1. The van der Waals surface area contributed by atoms with E-state index in [9.17, 15) is 9.90 Å². The van der Waals surface area contributed by atoms with Crippen molar-refractivity contribution in [2.24, 2.45) is 0 Å². The van der Waals surface area contributed by atoms with Crippen molar-refractivity contribution in [1.82, 2.24) is 0 Å². The number of phenolic OH excluding ortho intramolecular Hbond substituents is 1. The number of nitrogen functional groups attached to an aromatic ring is 1. The number of hydrogen-bond donors (Lipinski definition) is 3. The van der Waals surface area contributed by atoms with E-state index in [0.29, 0.717) is 5.69 Å². The van der Waals surface area contributed by atoms with Crippen molar-refractivity contribution < 1.29 is 9.90 Å². The molecule has 20 heavy (non-hydrogen) atoms. The minimum absolute atomic E-state index is 0.169. The van der Waals surface area contributed by atoms with Crippen LogP contribution >= 0.6 is 0 Å². The predicted octanol–water partition coefficient (Wildman–Crippen LogP) is 3.18. The lowest BCUT2D eigenvalue weighted by Crippen LogP contribution is -2.12. The zero-order valence-electron chi connectivity index (χ0n) is 11.4. The summed E-state index contributed by atoms with van der Waals surface area (Å²) in [6.45, 7) is 2.12. The quantitative estimate of drug-likeness (QED) is 0.590. The molecule has 1 amide bonds. The van der Waals surface area contributed by atoms with Gasteiger partial charge < -0.3 is 16.2 Å². The Labute approximate surface area is 118 Å². The summed E-state index contributed by atoms with van der Waals surface area (Å²) in [6.07, 6.45) is 2.10. The Morgan fingerprint density at radius 2 is 1.90 bits per heavy atom. The molecule has 0 unspecified atom stereocenters. The minimum atomic E-state index is -0.377. The van der Waals surface area contributed by atoms with Gasteiger partial charge in [0, 0.05) is 5.69 Å². The van der Waals surface area contributed by atoms with E-state index in [-0.39, 0.29) is 22.9 Å². The van der Waals surface area contributed by atoms with Gasteiger partial charge in [-0.1, -0.05) is 31.5 Å². The van der Waals surface area contributed by atoms with Crippen molar-refractivity contribution >= 4 is 17.3 Å². The molecule has 4 nitrogen and oxygen atoms in total. The summed E-state index contributed by atoms with van der Waals surface area (Å²) in [5.74, 6) is -0.564.